The smallest absolute Gasteiger partial charge is 0.211 e. The van der Waals surface area contributed by atoms with Gasteiger partial charge in [0.25, 0.3) is 0 Å². The molecular formula is C11H24N2O4S2. The number of hydrogen-bond donors (Lipinski definition) is 2. The lowest BCUT2D eigenvalue weighted by molar-refractivity contribution is 0.365. The number of hydrogen-bond acceptors (Lipinski definition) is 5. The molecule has 8 heteroatoms. The average Bonchev–Trinajstić information content (AvgIpc) is 2.37. The molecule has 1 rings (SSSR count). The third-order valence-electron chi connectivity index (χ3n) is 3.43. The van der Waals surface area contributed by atoms with E-state index in [2.05, 4.69) is 10.0 Å². The van der Waals surface area contributed by atoms with Crippen molar-refractivity contribution in [3.8, 4) is 0 Å². The fourth-order valence-electron chi connectivity index (χ4n) is 2.06. The number of piperidine rings is 1. The van der Waals surface area contributed by atoms with Crippen LogP contribution in [0.3, 0.4) is 0 Å². The van der Waals surface area contributed by atoms with Crippen molar-refractivity contribution < 1.29 is 16.8 Å². The molecule has 1 aliphatic rings. The van der Waals surface area contributed by atoms with E-state index in [-0.39, 0.29) is 23.8 Å². The van der Waals surface area contributed by atoms with Gasteiger partial charge in [-0.05, 0) is 38.3 Å². The van der Waals surface area contributed by atoms with Gasteiger partial charge in [0.05, 0.1) is 11.5 Å². The number of rotatable bonds is 8. The fourth-order valence-corrected chi connectivity index (χ4v) is 4.09. The maximum atomic E-state index is 11.7. The summed E-state index contributed by atoms with van der Waals surface area (Å²) in [6, 6.07) is 0. The predicted octanol–water partition coefficient (Wildman–Crippen LogP) is -0.270. The van der Waals surface area contributed by atoms with Gasteiger partial charge in [0.15, 0.2) is 9.84 Å². The summed E-state index contributed by atoms with van der Waals surface area (Å²) < 4.78 is 48.3. The van der Waals surface area contributed by atoms with Crippen molar-refractivity contribution in [1.82, 2.24) is 10.0 Å². The van der Waals surface area contributed by atoms with E-state index in [1.807, 2.05) is 0 Å². The summed E-state index contributed by atoms with van der Waals surface area (Å²) in [6.07, 6.45) is 2.68. The molecule has 0 atom stereocenters. The van der Waals surface area contributed by atoms with Crippen LogP contribution in [0.5, 0.6) is 0 Å². The average molecular weight is 312 g/mol. The Morgan fingerprint density at radius 3 is 2.32 bits per heavy atom. The van der Waals surface area contributed by atoms with Gasteiger partial charge in [0, 0.05) is 12.3 Å². The molecule has 0 radical (unpaired) electrons. The molecule has 19 heavy (non-hydrogen) atoms. The Kier molecular flexibility index (Phi) is 6.72. The van der Waals surface area contributed by atoms with Crippen LogP contribution in [-0.4, -0.2) is 53.7 Å². The highest BCUT2D eigenvalue weighted by molar-refractivity contribution is 7.91. The molecule has 0 aromatic carbocycles. The highest BCUT2D eigenvalue weighted by Gasteiger charge is 2.18. The molecule has 6 nitrogen and oxygen atoms in total. The van der Waals surface area contributed by atoms with E-state index < -0.39 is 19.9 Å². The lowest BCUT2D eigenvalue weighted by Gasteiger charge is -2.22. The summed E-state index contributed by atoms with van der Waals surface area (Å²) in [5.74, 6) is 0.459. The molecule has 0 unspecified atom stereocenters. The van der Waals surface area contributed by atoms with E-state index in [1.54, 1.807) is 6.92 Å². The molecule has 0 spiro atoms. The van der Waals surface area contributed by atoms with E-state index in [0.29, 0.717) is 12.3 Å². The Hall–Kier alpha value is -0.180. The number of nitrogens with one attached hydrogen (secondary N) is 2. The van der Waals surface area contributed by atoms with Crippen molar-refractivity contribution in [2.45, 2.75) is 26.2 Å². The SMILES string of the molecule is CCS(=O)(=O)CCNS(=O)(=O)CCC1CCNCC1. The molecule has 0 amide bonds. The standard InChI is InChI=1S/C11H24N2O4S2/c1-2-18(14,15)10-8-13-19(16,17)9-5-11-3-6-12-7-4-11/h11-13H,2-10H2,1H3. The summed E-state index contributed by atoms with van der Waals surface area (Å²) in [6.45, 7) is 3.44. The molecule has 1 heterocycles. The van der Waals surface area contributed by atoms with Gasteiger partial charge in [-0.1, -0.05) is 6.92 Å². The fraction of sp³-hybridized carbons (Fsp3) is 1.00. The van der Waals surface area contributed by atoms with Gasteiger partial charge in [0.2, 0.25) is 10.0 Å². The first-order valence-electron chi connectivity index (χ1n) is 6.73. The van der Waals surface area contributed by atoms with Gasteiger partial charge in [-0.25, -0.2) is 21.6 Å². The van der Waals surface area contributed by atoms with Crippen molar-refractivity contribution in [3.05, 3.63) is 0 Å². The van der Waals surface area contributed by atoms with Crippen LogP contribution < -0.4 is 10.0 Å². The van der Waals surface area contributed by atoms with Crippen molar-refractivity contribution in [3.63, 3.8) is 0 Å². The van der Waals surface area contributed by atoms with Gasteiger partial charge >= 0.3 is 0 Å². The summed E-state index contributed by atoms with van der Waals surface area (Å²) in [4.78, 5) is 0. The quantitative estimate of drug-likeness (QED) is 0.644. The lowest BCUT2D eigenvalue weighted by Crippen LogP contribution is -2.33. The van der Waals surface area contributed by atoms with Gasteiger partial charge in [-0.3, -0.25) is 0 Å². The Bertz CT molecular complexity index is 453. The minimum absolute atomic E-state index is 0.0231. The third kappa shape index (κ3) is 7.24. The first kappa shape index (κ1) is 16.9. The van der Waals surface area contributed by atoms with Crippen molar-refractivity contribution in [1.29, 1.82) is 0 Å². The second kappa shape index (κ2) is 7.56. The van der Waals surface area contributed by atoms with Crippen LogP contribution in [0, 0.1) is 5.92 Å². The Morgan fingerprint density at radius 2 is 1.74 bits per heavy atom. The highest BCUT2D eigenvalue weighted by atomic mass is 32.2. The number of sulfonamides is 1. The van der Waals surface area contributed by atoms with E-state index in [0.717, 1.165) is 25.9 Å². The molecular weight excluding hydrogens is 288 g/mol. The Balaban J connectivity index is 2.27. The van der Waals surface area contributed by atoms with Crippen LogP contribution in [-0.2, 0) is 19.9 Å². The molecule has 1 aliphatic heterocycles. The first-order chi connectivity index (χ1) is 8.85. The van der Waals surface area contributed by atoms with Crippen LogP contribution in [0.1, 0.15) is 26.2 Å². The van der Waals surface area contributed by atoms with Crippen LogP contribution in [0.2, 0.25) is 0 Å². The third-order valence-corrected chi connectivity index (χ3v) is 6.55. The van der Waals surface area contributed by atoms with Crippen molar-refractivity contribution in [2.75, 3.05) is 36.9 Å². The Morgan fingerprint density at radius 1 is 1.11 bits per heavy atom. The van der Waals surface area contributed by atoms with Gasteiger partial charge in [-0.15, -0.1) is 0 Å². The van der Waals surface area contributed by atoms with Gasteiger partial charge < -0.3 is 5.32 Å². The topological polar surface area (TPSA) is 92.3 Å². The summed E-state index contributed by atoms with van der Waals surface area (Å²) in [5.41, 5.74) is 0. The molecule has 2 N–H and O–H groups in total. The Labute approximate surface area is 116 Å². The summed E-state index contributed by atoms with van der Waals surface area (Å²) in [5, 5.41) is 3.24. The van der Waals surface area contributed by atoms with Crippen LogP contribution in [0.4, 0.5) is 0 Å². The zero-order valence-corrected chi connectivity index (χ0v) is 13.0. The van der Waals surface area contributed by atoms with Crippen LogP contribution in [0.25, 0.3) is 0 Å². The van der Waals surface area contributed by atoms with Crippen LogP contribution >= 0.6 is 0 Å². The zero-order chi connectivity index (χ0) is 14.4. The van der Waals surface area contributed by atoms with Gasteiger partial charge in [-0.2, -0.15) is 0 Å². The number of sulfone groups is 1. The predicted molar refractivity (Wildman–Crippen MR) is 76.3 cm³/mol. The minimum atomic E-state index is -3.35. The van der Waals surface area contributed by atoms with E-state index in [1.165, 1.54) is 0 Å². The van der Waals surface area contributed by atoms with E-state index >= 15 is 0 Å². The van der Waals surface area contributed by atoms with E-state index in [9.17, 15) is 16.8 Å². The molecule has 0 aromatic heterocycles. The molecule has 0 saturated carbocycles. The molecule has 1 fully saturated rings. The maximum absolute atomic E-state index is 11.7. The second-order valence-electron chi connectivity index (χ2n) is 4.93. The summed E-state index contributed by atoms with van der Waals surface area (Å²) >= 11 is 0. The summed E-state index contributed by atoms with van der Waals surface area (Å²) in [7, 11) is -6.46. The van der Waals surface area contributed by atoms with Crippen molar-refractivity contribution in [2.24, 2.45) is 5.92 Å². The monoisotopic (exact) mass is 312 g/mol. The normalized spacial score (nSPS) is 18.6. The van der Waals surface area contributed by atoms with Gasteiger partial charge in [0.1, 0.15) is 0 Å². The zero-order valence-electron chi connectivity index (χ0n) is 11.4. The second-order valence-corrected chi connectivity index (χ2v) is 9.33. The maximum Gasteiger partial charge on any atom is 0.211 e. The van der Waals surface area contributed by atoms with Crippen LogP contribution in [0.15, 0.2) is 0 Å². The molecule has 114 valence electrons. The van der Waals surface area contributed by atoms with Crippen molar-refractivity contribution >= 4 is 19.9 Å². The highest BCUT2D eigenvalue weighted by Crippen LogP contribution is 2.16. The minimum Gasteiger partial charge on any atom is -0.317 e. The lowest BCUT2D eigenvalue weighted by atomic mass is 9.96. The molecule has 0 aliphatic carbocycles. The largest absolute Gasteiger partial charge is 0.317 e. The molecule has 0 aromatic rings. The molecule has 1 saturated heterocycles. The molecule has 0 bridgehead atoms. The van der Waals surface area contributed by atoms with E-state index in [4.69, 9.17) is 0 Å². The first-order valence-corrected chi connectivity index (χ1v) is 10.2.